The molecule has 0 aromatic heterocycles. The monoisotopic (exact) mass is 515 g/mol. The molecule has 0 unspecified atom stereocenters. The first-order valence-electron chi connectivity index (χ1n) is 9.66. The smallest absolute Gasteiger partial charge is 0.337 e. The maximum atomic E-state index is 13.0. The van der Waals surface area contributed by atoms with Crippen molar-refractivity contribution in [3.05, 3.63) is 81.4 Å². The van der Waals surface area contributed by atoms with Crippen molar-refractivity contribution in [3.8, 4) is 16.9 Å². The molecule has 0 heterocycles. The number of ether oxygens (including phenoxy) is 1. The molecule has 0 radical (unpaired) electrons. The van der Waals surface area contributed by atoms with E-state index in [-0.39, 0.29) is 11.3 Å². The molecule has 3 rings (SSSR count). The van der Waals surface area contributed by atoms with Crippen molar-refractivity contribution >= 4 is 40.2 Å². The van der Waals surface area contributed by atoms with Crippen LogP contribution in [0, 0.1) is 3.57 Å². The van der Waals surface area contributed by atoms with E-state index in [1.54, 1.807) is 18.2 Å². The highest BCUT2D eigenvalue weighted by atomic mass is 127. The molecule has 0 aliphatic heterocycles. The Labute approximate surface area is 189 Å². The standard InChI is InChI=1S/C24H22INO4/c1-2-3-13-30-22-15-18(25)10-12-20(22)23(27)26-21-14-17(9-11-19(21)24(28)29)16-7-5-4-6-8-16/h4-12,14-15H,2-3,13H2,1H3,(H,26,27)(H,28,29). The lowest BCUT2D eigenvalue weighted by Crippen LogP contribution is -2.16. The fourth-order valence-electron chi connectivity index (χ4n) is 2.96. The second-order valence-electron chi connectivity index (χ2n) is 6.73. The van der Waals surface area contributed by atoms with Crippen molar-refractivity contribution in [1.82, 2.24) is 0 Å². The molecule has 3 aromatic rings. The minimum atomic E-state index is -1.10. The fourth-order valence-corrected chi connectivity index (χ4v) is 3.43. The van der Waals surface area contributed by atoms with Crippen LogP contribution in [-0.4, -0.2) is 23.6 Å². The maximum Gasteiger partial charge on any atom is 0.337 e. The van der Waals surface area contributed by atoms with Gasteiger partial charge in [0.25, 0.3) is 5.91 Å². The lowest BCUT2D eigenvalue weighted by molar-refractivity contribution is 0.0698. The number of carboxylic acids is 1. The number of rotatable bonds is 8. The van der Waals surface area contributed by atoms with Crippen LogP contribution in [0.1, 0.15) is 40.5 Å². The molecule has 3 aromatic carbocycles. The molecule has 30 heavy (non-hydrogen) atoms. The third-order valence-electron chi connectivity index (χ3n) is 4.55. The molecule has 0 spiro atoms. The summed E-state index contributed by atoms with van der Waals surface area (Å²) in [6.45, 7) is 2.58. The van der Waals surface area contributed by atoms with E-state index in [1.165, 1.54) is 6.07 Å². The number of carbonyl (C=O) groups is 2. The Hall–Kier alpha value is -2.87. The highest BCUT2D eigenvalue weighted by Gasteiger charge is 2.18. The number of amides is 1. The Morgan fingerprint density at radius 2 is 1.70 bits per heavy atom. The Balaban J connectivity index is 1.93. The van der Waals surface area contributed by atoms with E-state index < -0.39 is 11.9 Å². The van der Waals surface area contributed by atoms with Crippen molar-refractivity contribution in [2.75, 3.05) is 11.9 Å². The van der Waals surface area contributed by atoms with Gasteiger partial charge in [0.15, 0.2) is 0 Å². The Kier molecular flexibility index (Phi) is 7.46. The summed E-state index contributed by atoms with van der Waals surface area (Å²) in [6, 6.07) is 19.8. The predicted octanol–water partition coefficient (Wildman–Crippen LogP) is 6.09. The second-order valence-corrected chi connectivity index (χ2v) is 7.97. The molecular formula is C24H22INO4. The van der Waals surface area contributed by atoms with Crippen molar-refractivity contribution in [1.29, 1.82) is 0 Å². The summed E-state index contributed by atoms with van der Waals surface area (Å²) < 4.78 is 6.76. The van der Waals surface area contributed by atoms with Crippen LogP contribution in [0.3, 0.4) is 0 Å². The average Bonchev–Trinajstić information content (AvgIpc) is 2.74. The molecule has 5 nitrogen and oxygen atoms in total. The molecule has 0 saturated heterocycles. The third-order valence-corrected chi connectivity index (χ3v) is 5.22. The molecule has 6 heteroatoms. The topological polar surface area (TPSA) is 75.6 Å². The molecule has 0 bridgehead atoms. The molecule has 0 fully saturated rings. The fraction of sp³-hybridized carbons (Fsp3) is 0.167. The number of aromatic carboxylic acids is 1. The normalized spacial score (nSPS) is 10.5. The summed E-state index contributed by atoms with van der Waals surface area (Å²) in [6.07, 6.45) is 1.87. The predicted molar refractivity (Wildman–Crippen MR) is 126 cm³/mol. The largest absolute Gasteiger partial charge is 0.493 e. The van der Waals surface area contributed by atoms with Gasteiger partial charge in [-0.1, -0.05) is 49.7 Å². The molecule has 1 amide bonds. The molecule has 154 valence electrons. The zero-order chi connectivity index (χ0) is 21.5. The van der Waals surface area contributed by atoms with Gasteiger partial charge < -0.3 is 15.2 Å². The maximum absolute atomic E-state index is 13.0. The van der Waals surface area contributed by atoms with E-state index in [2.05, 4.69) is 34.8 Å². The SMILES string of the molecule is CCCCOc1cc(I)ccc1C(=O)Nc1cc(-c2ccccc2)ccc1C(=O)O. The number of halogens is 1. The Morgan fingerprint density at radius 3 is 2.40 bits per heavy atom. The lowest BCUT2D eigenvalue weighted by atomic mass is 10.0. The van der Waals surface area contributed by atoms with Crippen LogP contribution in [0.25, 0.3) is 11.1 Å². The summed E-state index contributed by atoms with van der Waals surface area (Å²) in [4.78, 5) is 24.7. The van der Waals surface area contributed by atoms with E-state index >= 15 is 0 Å². The van der Waals surface area contributed by atoms with Crippen molar-refractivity contribution in [2.24, 2.45) is 0 Å². The summed E-state index contributed by atoms with van der Waals surface area (Å²) in [5.74, 6) is -1.03. The van der Waals surface area contributed by atoms with Gasteiger partial charge >= 0.3 is 5.97 Å². The Morgan fingerprint density at radius 1 is 0.967 bits per heavy atom. The van der Waals surface area contributed by atoms with Gasteiger partial charge in [-0.05, 0) is 70.5 Å². The highest BCUT2D eigenvalue weighted by molar-refractivity contribution is 14.1. The number of carbonyl (C=O) groups excluding carboxylic acids is 1. The van der Waals surface area contributed by atoms with Gasteiger partial charge in [-0.15, -0.1) is 0 Å². The number of anilines is 1. The van der Waals surface area contributed by atoms with Crippen LogP contribution in [-0.2, 0) is 0 Å². The van der Waals surface area contributed by atoms with Gasteiger partial charge in [0.05, 0.1) is 23.4 Å². The van der Waals surface area contributed by atoms with Crippen LogP contribution in [0.15, 0.2) is 66.7 Å². The van der Waals surface area contributed by atoms with Gasteiger partial charge in [-0.25, -0.2) is 4.79 Å². The number of unbranched alkanes of at least 4 members (excludes halogenated alkanes) is 1. The van der Waals surface area contributed by atoms with Crippen LogP contribution in [0.4, 0.5) is 5.69 Å². The number of carboxylic acid groups (broad SMARTS) is 1. The van der Waals surface area contributed by atoms with Gasteiger partial charge in [0.2, 0.25) is 0 Å². The zero-order valence-corrected chi connectivity index (χ0v) is 18.7. The second kappa shape index (κ2) is 10.2. The molecule has 0 saturated carbocycles. The van der Waals surface area contributed by atoms with Crippen molar-refractivity contribution in [2.45, 2.75) is 19.8 Å². The number of hydrogen-bond donors (Lipinski definition) is 2. The van der Waals surface area contributed by atoms with Crippen LogP contribution in [0.2, 0.25) is 0 Å². The molecule has 0 aliphatic carbocycles. The first-order valence-corrected chi connectivity index (χ1v) is 10.7. The van der Waals surface area contributed by atoms with E-state index in [0.717, 1.165) is 27.5 Å². The summed E-state index contributed by atoms with van der Waals surface area (Å²) in [5, 5.41) is 12.3. The van der Waals surface area contributed by atoms with Gasteiger partial charge in [-0.3, -0.25) is 4.79 Å². The highest BCUT2D eigenvalue weighted by Crippen LogP contribution is 2.28. The third kappa shape index (κ3) is 5.38. The number of nitrogens with one attached hydrogen (secondary N) is 1. The number of benzene rings is 3. The summed E-state index contributed by atoms with van der Waals surface area (Å²) >= 11 is 2.17. The van der Waals surface area contributed by atoms with Gasteiger partial charge in [-0.2, -0.15) is 0 Å². The van der Waals surface area contributed by atoms with Crippen molar-refractivity contribution < 1.29 is 19.4 Å². The quantitative estimate of drug-likeness (QED) is 0.281. The van der Waals surface area contributed by atoms with Gasteiger partial charge in [0.1, 0.15) is 5.75 Å². The molecule has 2 N–H and O–H groups in total. The molecule has 0 atom stereocenters. The van der Waals surface area contributed by atoms with Gasteiger partial charge in [0, 0.05) is 3.57 Å². The van der Waals surface area contributed by atoms with E-state index in [1.807, 2.05) is 42.5 Å². The van der Waals surface area contributed by atoms with E-state index in [0.29, 0.717) is 17.9 Å². The first kappa shape index (κ1) is 21.8. The van der Waals surface area contributed by atoms with Crippen LogP contribution in [0.5, 0.6) is 5.75 Å². The molecule has 0 aliphatic rings. The average molecular weight is 515 g/mol. The van der Waals surface area contributed by atoms with Crippen molar-refractivity contribution in [3.63, 3.8) is 0 Å². The van der Waals surface area contributed by atoms with Crippen LogP contribution < -0.4 is 10.1 Å². The minimum absolute atomic E-state index is 0.0296. The summed E-state index contributed by atoms with van der Waals surface area (Å²) in [5.41, 5.74) is 2.39. The Bertz CT molecular complexity index is 1050. The van der Waals surface area contributed by atoms with Crippen LogP contribution >= 0.6 is 22.6 Å². The molecular weight excluding hydrogens is 493 g/mol. The zero-order valence-electron chi connectivity index (χ0n) is 16.5. The lowest BCUT2D eigenvalue weighted by Gasteiger charge is -2.14. The van der Waals surface area contributed by atoms with E-state index in [9.17, 15) is 14.7 Å². The van der Waals surface area contributed by atoms with E-state index in [4.69, 9.17) is 4.74 Å². The minimum Gasteiger partial charge on any atom is -0.493 e. The summed E-state index contributed by atoms with van der Waals surface area (Å²) in [7, 11) is 0. The first-order chi connectivity index (χ1) is 14.5. The number of hydrogen-bond acceptors (Lipinski definition) is 3.